The lowest BCUT2D eigenvalue weighted by Gasteiger charge is -2.34. The third kappa shape index (κ3) is 12.4. The minimum absolute atomic E-state index is 0.228. The van der Waals surface area contributed by atoms with E-state index in [2.05, 4.69) is 46.4 Å². The molecular formula is C16H38N2O3S. The standard InChI is InChI=1S/C8H19NO3S.C8H20N/c1-3-9(4-2)7-5-6-8-13(10,11)12;1-5-9(6-2,7-3)8-4/h3-8H2,1-2H3,(H,10,11,12);5-8H2,1-4H3/q;+1/p-1. The summed E-state index contributed by atoms with van der Waals surface area (Å²) in [7, 11) is -4.00. The van der Waals surface area contributed by atoms with Crippen molar-refractivity contribution in [2.75, 3.05) is 51.6 Å². The lowest BCUT2D eigenvalue weighted by Crippen LogP contribution is -2.47. The van der Waals surface area contributed by atoms with Crippen molar-refractivity contribution in [3.63, 3.8) is 0 Å². The van der Waals surface area contributed by atoms with Gasteiger partial charge in [-0.05, 0) is 60.2 Å². The molecule has 0 aromatic heterocycles. The van der Waals surface area contributed by atoms with Crippen LogP contribution in [0.2, 0.25) is 0 Å². The molecule has 0 atom stereocenters. The summed E-state index contributed by atoms with van der Waals surface area (Å²) < 4.78 is 32.0. The van der Waals surface area contributed by atoms with E-state index in [4.69, 9.17) is 0 Å². The Labute approximate surface area is 139 Å². The molecule has 22 heavy (non-hydrogen) atoms. The van der Waals surface area contributed by atoms with Crippen LogP contribution in [0.1, 0.15) is 54.4 Å². The summed E-state index contributed by atoms with van der Waals surface area (Å²) in [6.07, 6.45) is 1.26. The Morgan fingerprint density at radius 3 is 1.45 bits per heavy atom. The van der Waals surface area contributed by atoms with Gasteiger partial charge < -0.3 is 13.9 Å². The van der Waals surface area contributed by atoms with E-state index in [1.54, 1.807) is 0 Å². The van der Waals surface area contributed by atoms with Crippen LogP contribution in [-0.4, -0.2) is 73.9 Å². The SMILES string of the molecule is CCN(CC)CCCCS(=O)(=O)[O-].CC[N+](CC)(CC)CC. The van der Waals surface area contributed by atoms with Crippen LogP contribution in [0.15, 0.2) is 0 Å². The molecule has 0 N–H and O–H groups in total. The molecule has 0 heterocycles. The molecule has 6 heteroatoms. The fourth-order valence-electron chi connectivity index (χ4n) is 2.50. The van der Waals surface area contributed by atoms with Gasteiger partial charge in [-0.15, -0.1) is 0 Å². The normalized spacial score (nSPS) is 12.2. The number of unbranched alkanes of at least 4 members (excludes halogenated alkanes) is 1. The average Bonchev–Trinajstić information content (AvgIpc) is 2.50. The van der Waals surface area contributed by atoms with Crippen LogP contribution in [0.4, 0.5) is 0 Å². The average molecular weight is 339 g/mol. The van der Waals surface area contributed by atoms with Gasteiger partial charge in [0.2, 0.25) is 0 Å². The van der Waals surface area contributed by atoms with Crippen molar-refractivity contribution in [1.29, 1.82) is 0 Å². The highest BCUT2D eigenvalue weighted by Crippen LogP contribution is 2.03. The van der Waals surface area contributed by atoms with Crippen molar-refractivity contribution < 1.29 is 17.5 Å². The van der Waals surface area contributed by atoms with Crippen molar-refractivity contribution in [3.8, 4) is 0 Å². The first kappa shape index (κ1) is 24.1. The van der Waals surface area contributed by atoms with Crippen LogP contribution in [0.25, 0.3) is 0 Å². The lowest BCUT2D eigenvalue weighted by molar-refractivity contribution is -0.921. The first-order chi connectivity index (χ1) is 10.2. The summed E-state index contributed by atoms with van der Waals surface area (Å²) in [6.45, 7) is 21.2. The second kappa shape index (κ2) is 13.3. The van der Waals surface area contributed by atoms with Crippen LogP contribution < -0.4 is 0 Å². The predicted octanol–water partition coefficient (Wildman–Crippen LogP) is 2.54. The highest BCUT2D eigenvalue weighted by atomic mass is 32.2. The molecule has 0 fully saturated rings. The maximum Gasteiger partial charge on any atom is 0.0945 e. The molecule has 0 bridgehead atoms. The van der Waals surface area contributed by atoms with E-state index < -0.39 is 10.1 Å². The molecular weight excluding hydrogens is 300 g/mol. The van der Waals surface area contributed by atoms with E-state index in [-0.39, 0.29) is 5.75 Å². The van der Waals surface area contributed by atoms with Gasteiger partial charge in [-0.25, -0.2) is 8.42 Å². The van der Waals surface area contributed by atoms with Crippen LogP contribution in [-0.2, 0) is 10.1 Å². The molecule has 5 nitrogen and oxygen atoms in total. The van der Waals surface area contributed by atoms with E-state index in [1.807, 2.05) is 0 Å². The van der Waals surface area contributed by atoms with Gasteiger partial charge in [0.05, 0.1) is 36.3 Å². The van der Waals surface area contributed by atoms with Crippen LogP contribution >= 0.6 is 0 Å². The summed E-state index contributed by atoms with van der Waals surface area (Å²) in [5, 5.41) is 0. The van der Waals surface area contributed by atoms with Gasteiger partial charge in [-0.3, -0.25) is 0 Å². The molecule has 0 aliphatic carbocycles. The molecule has 136 valence electrons. The van der Waals surface area contributed by atoms with Gasteiger partial charge in [-0.1, -0.05) is 13.8 Å². The Morgan fingerprint density at radius 2 is 1.23 bits per heavy atom. The molecule has 0 amide bonds. The predicted molar refractivity (Wildman–Crippen MR) is 94.0 cm³/mol. The third-order valence-electron chi connectivity index (χ3n) is 4.70. The number of rotatable bonds is 11. The number of nitrogens with zero attached hydrogens (tertiary/aromatic N) is 2. The summed E-state index contributed by atoms with van der Waals surface area (Å²) >= 11 is 0. The second-order valence-electron chi connectivity index (χ2n) is 5.60. The van der Waals surface area contributed by atoms with Crippen LogP contribution in [0, 0.1) is 0 Å². The first-order valence-corrected chi connectivity index (χ1v) is 10.3. The van der Waals surface area contributed by atoms with Crippen molar-refractivity contribution >= 4 is 10.1 Å². The minimum atomic E-state index is -4.00. The molecule has 0 aromatic rings. The van der Waals surface area contributed by atoms with Crippen molar-refractivity contribution in [2.45, 2.75) is 54.4 Å². The molecule has 0 saturated carbocycles. The molecule has 0 aliphatic rings. The molecule has 0 rings (SSSR count). The third-order valence-corrected chi connectivity index (χ3v) is 5.49. The summed E-state index contributed by atoms with van der Waals surface area (Å²) in [5.41, 5.74) is 0. The van der Waals surface area contributed by atoms with Crippen LogP contribution in [0.3, 0.4) is 0 Å². The molecule has 0 radical (unpaired) electrons. The lowest BCUT2D eigenvalue weighted by atomic mass is 10.3. The molecule has 0 aromatic carbocycles. The second-order valence-corrected chi connectivity index (χ2v) is 7.13. The quantitative estimate of drug-likeness (QED) is 0.330. The largest absolute Gasteiger partial charge is 0.748 e. The zero-order chi connectivity index (χ0) is 17.6. The van der Waals surface area contributed by atoms with Gasteiger partial charge in [-0.2, -0.15) is 0 Å². The summed E-state index contributed by atoms with van der Waals surface area (Å²) in [5.74, 6) is -0.228. The number of quaternary nitrogens is 1. The van der Waals surface area contributed by atoms with Gasteiger partial charge >= 0.3 is 0 Å². The first-order valence-electron chi connectivity index (χ1n) is 8.74. The zero-order valence-electron chi connectivity index (χ0n) is 15.6. The fourth-order valence-corrected chi connectivity index (χ4v) is 3.05. The fraction of sp³-hybridized carbons (Fsp3) is 1.00. The van der Waals surface area contributed by atoms with Gasteiger partial charge in [0.15, 0.2) is 0 Å². The smallest absolute Gasteiger partial charge is 0.0945 e. The van der Waals surface area contributed by atoms with Gasteiger partial charge in [0.25, 0.3) is 0 Å². The Kier molecular flexibility index (Phi) is 14.5. The molecule has 0 aliphatic heterocycles. The minimum Gasteiger partial charge on any atom is -0.748 e. The Bertz CT molecular complexity index is 320. The summed E-state index contributed by atoms with van der Waals surface area (Å²) in [6, 6.07) is 0. The highest BCUT2D eigenvalue weighted by Gasteiger charge is 2.16. The van der Waals surface area contributed by atoms with E-state index in [1.165, 1.54) is 30.7 Å². The van der Waals surface area contributed by atoms with E-state index in [0.717, 1.165) is 26.1 Å². The molecule has 0 unspecified atom stereocenters. The molecule has 0 spiro atoms. The van der Waals surface area contributed by atoms with Crippen LogP contribution in [0.5, 0.6) is 0 Å². The Morgan fingerprint density at radius 1 is 0.818 bits per heavy atom. The Balaban J connectivity index is 0. The maximum atomic E-state index is 10.2. The summed E-state index contributed by atoms with van der Waals surface area (Å²) in [4.78, 5) is 2.21. The number of hydrogen-bond acceptors (Lipinski definition) is 4. The van der Waals surface area contributed by atoms with Crippen molar-refractivity contribution in [1.82, 2.24) is 4.90 Å². The Hall–Kier alpha value is -0.170. The van der Waals surface area contributed by atoms with Gasteiger partial charge in [0.1, 0.15) is 0 Å². The highest BCUT2D eigenvalue weighted by molar-refractivity contribution is 7.85. The number of hydrogen-bond donors (Lipinski definition) is 0. The zero-order valence-corrected chi connectivity index (χ0v) is 16.4. The van der Waals surface area contributed by atoms with E-state index in [0.29, 0.717) is 6.42 Å². The van der Waals surface area contributed by atoms with E-state index >= 15 is 0 Å². The van der Waals surface area contributed by atoms with Gasteiger partial charge in [0, 0.05) is 5.75 Å². The molecule has 0 saturated heterocycles. The topological polar surface area (TPSA) is 60.4 Å². The van der Waals surface area contributed by atoms with Crippen molar-refractivity contribution in [3.05, 3.63) is 0 Å². The monoisotopic (exact) mass is 338 g/mol. The van der Waals surface area contributed by atoms with Crippen molar-refractivity contribution in [2.24, 2.45) is 0 Å². The maximum absolute atomic E-state index is 10.2. The van der Waals surface area contributed by atoms with E-state index in [9.17, 15) is 13.0 Å².